The van der Waals surface area contributed by atoms with Crippen LogP contribution >= 0.6 is 0 Å². The van der Waals surface area contributed by atoms with Gasteiger partial charge in [-0.25, -0.2) is 0 Å². The van der Waals surface area contributed by atoms with Gasteiger partial charge >= 0.3 is 0 Å². The average molecular weight is 294 g/mol. The van der Waals surface area contributed by atoms with Crippen molar-refractivity contribution in [2.45, 2.75) is 13.3 Å². The van der Waals surface area contributed by atoms with Gasteiger partial charge < -0.3 is 24.8 Å². The van der Waals surface area contributed by atoms with Crippen LogP contribution in [0.3, 0.4) is 0 Å². The summed E-state index contributed by atoms with van der Waals surface area (Å²) in [5, 5.41) is 30.5. The van der Waals surface area contributed by atoms with Crippen LogP contribution in [0.5, 0.6) is 17.2 Å². The van der Waals surface area contributed by atoms with Crippen LogP contribution in [0.2, 0.25) is 0 Å². The average Bonchev–Trinajstić information content (AvgIpc) is 2.46. The van der Waals surface area contributed by atoms with Gasteiger partial charge in [-0.15, -0.1) is 0 Å². The molecular formula is C14H14O7. The first kappa shape index (κ1) is 14.7. The number of aromatic hydroxyl groups is 2. The third-order valence-corrected chi connectivity index (χ3v) is 3.35. The molecule has 21 heavy (non-hydrogen) atoms. The molecule has 7 nitrogen and oxygen atoms in total. The lowest BCUT2D eigenvalue weighted by Crippen LogP contribution is -2.25. The number of allylic oxidation sites excluding steroid dienone is 1. The van der Waals surface area contributed by atoms with E-state index in [0.717, 1.165) is 7.11 Å². The second-order valence-electron chi connectivity index (χ2n) is 4.35. The van der Waals surface area contributed by atoms with Crippen molar-refractivity contribution < 1.29 is 34.4 Å². The first-order valence-corrected chi connectivity index (χ1v) is 6.11. The van der Waals surface area contributed by atoms with E-state index < -0.39 is 40.1 Å². The van der Waals surface area contributed by atoms with Gasteiger partial charge in [0.05, 0.1) is 25.3 Å². The van der Waals surface area contributed by atoms with E-state index in [1.54, 1.807) is 6.92 Å². The number of phenols is 2. The molecular weight excluding hydrogens is 280 g/mol. The fourth-order valence-corrected chi connectivity index (χ4v) is 2.38. The van der Waals surface area contributed by atoms with Gasteiger partial charge in [-0.2, -0.15) is 0 Å². The molecule has 1 aromatic carbocycles. The van der Waals surface area contributed by atoms with E-state index in [0.29, 0.717) is 0 Å². The van der Waals surface area contributed by atoms with Crippen LogP contribution in [-0.4, -0.2) is 41.1 Å². The molecule has 0 radical (unpaired) electrons. The summed E-state index contributed by atoms with van der Waals surface area (Å²) >= 11 is 0. The summed E-state index contributed by atoms with van der Waals surface area (Å²) < 4.78 is 9.71. The van der Waals surface area contributed by atoms with Crippen LogP contribution in [0, 0.1) is 0 Å². The largest absolute Gasteiger partial charge is 0.507 e. The van der Waals surface area contributed by atoms with Crippen molar-refractivity contribution in [3.63, 3.8) is 0 Å². The number of ether oxygens (including phenoxy) is 2. The zero-order valence-electron chi connectivity index (χ0n) is 11.7. The Morgan fingerprint density at radius 3 is 2.00 bits per heavy atom. The molecule has 0 saturated heterocycles. The minimum atomic E-state index is -1.09. The number of benzene rings is 1. The summed E-state index contributed by atoms with van der Waals surface area (Å²) in [7, 11) is 2.38. The molecule has 0 fully saturated rings. The molecule has 0 atom stereocenters. The maximum Gasteiger partial charge on any atom is 0.272 e. The molecule has 0 aromatic heterocycles. The van der Waals surface area contributed by atoms with E-state index in [2.05, 4.69) is 0 Å². The topological polar surface area (TPSA) is 113 Å². The Bertz CT molecular complexity index is 685. The highest BCUT2D eigenvalue weighted by atomic mass is 16.5. The lowest BCUT2D eigenvalue weighted by Gasteiger charge is -2.22. The molecule has 3 N–H and O–H groups in total. The number of hydrogen-bond acceptors (Lipinski definition) is 7. The number of fused-ring (bicyclic) bond motifs is 1. The second kappa shape index (κ2) is 5.01. The Morgan fingerprint density at radius 2 is 1.52 bits per heavy atom. The predicted octanol–water partition coefficient (Wildman–Crippen LogP) is 1.31. The SMILES string of the molecule is CCc1c(O)c2c(c(O)c1OC)C(O)=C(OC)C(=O)C2=O. The van der Waals surface area contributed by atoms with Gasteiger partial charge in [-0.05, 0) is 6.42 Å². The van der Waals surface area contributed by atoms with Crippen molar-refractivity contribution in [3.05, 3.63) is 22.4 Å². The Hall–Kier alpha value is -2.70. The molecule has 7 heteroatoms. The highest BCUT2D eigenvalue weighted by Crippen LogP contribution is 2.48. The van der Waals surface area contributed by atoms with E-state index in [1.807, 2.05) is 0 Å². The quantitative estimate of drug-likeness (QED) is 0.569. The number of phenolic OH excluding ortho intramolecular Hbond substituents is 2. The van der Waals surface area contributed by atoms with Gasteiger partial charge in [0, 0.05) is 5.56 Å². The van der Waals surface area contributed by atoms with Crippen LogP contribution < -0.4 is 4.74 Å². The molecule has 0 aliphatic heterocycles. The number of methoxy groups -OCH3 is 2. The molecule has 0 unspecified atom stereocenters. The Morgan fingerprint density at radius 1 is 0.905 bits per heavy atom. The molecule has 1 aliphatic carbocycles. The summed E-state index contributed by atoms with van der Waals surface area (Å²) in [4.78, 5) is 23.9. The molecule has 0 saturated carbocycles. The van der Waals surface area contributed by atoms with E-state index in [9.17, 15) is 24.9 Å². The van der Waals surface area contributed by atoms with Crippen molar-refractivity contribution in [2.24, 2.45) is 0 Å². The van der Waals surface area contributed by atoms with Crippen molar-refractivity contribution in [3.8, 4) is 17.2 Å². The van der Waals surface area contributed by atoms with E-state index in [1.165, 1.54) is 7.11 Å². The highest BCUT2D eigenvalue weighted by molar-refractivity contribution is 6.52. The Balaban J connectivity index is 2.97. The number of ketones is 2. The van der Waals surface area contributed by atoms with Gasteiger partial charge in [0.1, 0.15) is 5.75 Å². The van der Waals surface area contributed by atoms with E-state index >= 15 is 0 Å². The first-order valence-electron chi connectivity index (χ1n) is 6.11. The number of aliphatic hydroxyl groups excluding tert-OH is 1. The summed E-state index contributed by atoms with van der Waals surface area (Å²) in [6, 6.07) is 0. The maximum atomic E-state index is 12.1. The molecule has 0 heterocycles. The first-order chi connectivity index (χ1) is 9.90. The molecule has 0 spiro atoms. The molecule has 1 aromatic rings. The molecule has 2 rings (SSSR count). The lowest BCUT2D eigenvalue weighted by molar-refractivity contribution is -0.114. The van der Waals surface area contributed by atoms with Gasteiger partial charge in [0.2, 0.25) is 11.5 Å². The fraction of sp³-hybridized carbons (Fsp3) is 0.286. The predicted molar refractivity (Wildman–Crippen MR) is 71.6 cm³/mol. The van der Waals surface area contributed by atoms with Crippen LogP contribution in [0.25, 0.3) is 5.76 Å². The normalized spacial score (nSPS) is 14.2. The summed E-state index contributed by atoms with van der Waals surface area (Å²) in [6.07, 6.45) is 0.249. The molecule has 1 aliphatic rings. The third-order valence-electron chi connectivity index (χ3n) is 3.35. The number of rotatable bonds is 3. The summed E-state index contributed by atoms with van der Waals surface area (Å²) in [6.45, 7) is 1.68. The third kappa shape index (κ3) is 1.81. The van der Waals surface area contributed by atoms with Gasteiger partial charge in [0.25, 0.3) is 5.78 Å². The fourth-order valence-electron chi connectivity index (χ4n) is 2.38. The van der Waals surface area contributed by atoms with E-state index in [4.69, 9.17) is 9.47 Å². The minimum Gasteiger partial charge on any atom is -0.507 e. The zero-order valence-corrected chi connectivity index (χ0v) is 11.7. The molecule has 0 bridgehead atoms. The summed E-state index contributed by atoms with van der Waals surface area (Å²) in [5.41, 5.74) is -0.653. The number of Topliss-reactive ketones (excluding diaryl/α,β-unsaturated/α-hetero) is 2. The van der Waals surface area contributed by atoms with Crippen LogP contribution in [0.4, 0.5) is 0 Å². The van der Waals surface area contributed by atoms with Gasteiger partial charge in [-0.3, -0.25) is 9.59 Å². The van der Waals surface area contributed by atoms with E-state index in [-0.39, 0.29) is 23.3 Å². The molecule has 112 valence electrons. The molecule has 0 amide bonds. The maximum absolute atomic E-state index is 12.1. The van der Waals surface area contributed by atoms with Gasteiger partial charge in [0.15, 0.2) is 17.3 Å². The van der Waals surface area contributed by atoms with Crippen LogP contribution in [0.15, 0.2) is 5.76 Å². The number of carbonyl (C=O) groups excluding carboxylic acids is 2. The second-order valence-corrected chi connectivity index (χ2v) is 4.35. The number of carbonyl (C=O) groups is 2. The Labute approximate surface area is 120 Å². The number of aliphatic hydroxyl groups is 1. The number of hydrogen-bond donors (Lipinski definition) is 3. The van der Waals surface area contributed by atoms with Crippen molar-refractivity contribution in [1.82, 2.24) is 0 Å². The van der Waals surface area contributed by atoms with Crippen LogP contribution in [0.1, 0.15) is 28.4 Å². The highest BCUT2D eigenvalue weighted by Gasteiger charge is 2.40. The van der Waals surface area contributed by atoms with Gasteiger partial charge in [-0.1, -0.05) is 6.92 Å². The van der Waals surface area contributed by atoms with Crippen molar-refractivity contribution >= 4 is 17.3 Å². The summed E-state index contributed by atoms with van der Waals surface area (Å²) in [5.74, 6) is -4.57. The lowest BCUT2D eigenvalue weighted by atomic mass is 9.88. The zero-order chi connectivity index (χ0) is 15.9. The Kier molecular flexibility index (Phi) is 3.51. The minimum absolute atomic E-state index is 0.0714. The van der Waals surface area contributed by atoms with Crippen LogP contribution in [-0.2, 0) is 16.0 Å². The van der Waals surface area contributed by atoms with Crippen molar-refractivity contribution in [1.29, 1.82) is 0 Å². The standard InChI is InChI=1S/C14H14O7/c1-4-5-8(15)6-7(10(17)13(5)20-2)11(18)14(21-3)12(19)9(6)16/h15,17-18H,4H2,1-3H3. The monoisotopic (exact) mass is 294 g/mol. The van der Waals surface area contributed by atoms with Crippen molar-refractivity contribution in [2.75, 3.05) is 14.2 Å². The smallest absolute Gasteiger partial charge is 0.272 e.